The molecule has 1 aliphatic rings. The van der Waals surface area contributed by atoms with Crippen LogP contribution in [0.15, 0.2) is 18.2 Å². The average molecular weight is 323 g/mol. The van der Waals surface area contributed by atoms with Crippen molar-refractivity contribution in [1.29, 1.82) is 0 Å². The molecule has 0 saturated heterocycles. The number of benzene rings is 1. The van der Waals surface area contributed by atoms with E-state index in [1.54, 1.807) is 32.9 Å². The van der Waals surface area contributed by atoms with Gasteiger partial charge in [-0.25, -0.2) is 9.59 Å². The van der Waals surface area contributed by atoms with Crippen LogP contribution in [0.5, 0.6) is 0 Å². The van der Waals surface area contributed by atoms with Crippen LogP contribution < -0.4 is 5.32 Å². The summed E-state index contributed by atoms with van der Waals surface area (Å²) < 4.78 is 9.93. The largest absolute Gasteiger partial charge is 0.457 e. The number of amides is 1. The molecule has 1 heterocycles. The Morgan fingerprint density at radius 2 is 2.09 bits per heavy atom. The first-order valence-electron chi connectivity index (χ1n) is 7.30. The molecule has 0 aliphatic carbocycles. The molecule has 0 spiro atoms. The van der Waals surface area contributed by atoms with Gasteiger partial charge in [-0.2, -0.15) is 0 Å². The quantitative estimate of drug-likeness (QED) is 0.721. The normalized spacial score (nSPS) is 16.3. The van der Waals surface area contributed by atoms with Crippen LogP contribution in [0.3, 0.4) is 0 Å². The van der Waals surface area contributed by atoms with Gasteiger partial charge in [0.15, 0.2) is 0 Å². The summed E-state index contributed by atoms with van der Waals surface area (Å²) in [6, 6.07) is 4.78. The van der Waals surface area contributed by atoms with Gasteiger partial charge in [0.25, 0.3) is 0 Å². The summed E-state index contributed by atoms with van der Waals surface area (Å²) >= 11 is 0. The number of esters is 1. The van der Waals surface area contributed by atoms with E-state index < -0.39 is 29.9 Å². The number of carbonyl (C=O) groups is 2. The van der Waals surface area contributed by atoms with Crippen LogP contribution >= 0.6 is 0 Å². The van der Waals surface area contributed by atoms with Crippen molar-refractivity contribution >= 4 is 12.1 Å². The van der Waals surface area contributed by atoms with Crippen molar-refractivity contribution < 1.29 is 29.3 Å². The Morgan fingerprint density at radius 1 is 1.39 bits per heavy atom. The van der Waals surface area contributed by atoms with Crippen molar-refractivity contribution in [2.45, 2.75) is 45.2 Å². The minimum atomic E-state index is -1.25. The van der Waals surface area contributed by atoms with Gasteiger partial charge in [0.05, 0.1) is 5.56 Å². The Bertz CT molecular complexity index is 607. The summed E-state index contributed by atoms with van der Waals surface area (Å²) in [4.78, 5) is 23.0. The SMILES string of the molecule is CC(C)(C)OC(=O)NCC(O)C(O)c1ccc2c(c1)C(=O)OC2. The van der Waals surface area contributed by atoms with Crippen molar-refractivity contribution in [1.82, 2.24) is 5.32 Å². The first-order valence-corrected chi connectivity index (χ1v) is 7.30. The van der Waals surface area contributed by atoms with Crippen molar-refractivity contribution in [3.63, 3.8) is 0 Å². The highest BCUT2D eigenvalue weighted by Crippen LogP contribution is 2.25. The Morgan fingerprint density at radius 3 is 2.74 bits per heavy atom. The number of hydrogen-bond donors (Lipinski definition) is 3. The molecule has 1 aromatic rings. The summed E-state index contributed by atoms with van der Waals surface area (Å²) in [5.41, 5.74) is 0.857. The average Bonchev–Trinajstić information content (AvgIpc) is 2.83. The highest BCUT2D eigenvalue weighted by atomic mass is 16.6. The molecule has 23 heavy (non-hydrogen) atoms. The molecular weight excluding hydrogens is 302 g/mol. The highest BCUT2D eigenvalue weighted by Gasteiger charge is 2.26. The zero-order valence-corrected chi connectivity index (χ0v) is 13.3. The number of alkyl carbamates (subject to hydrolysis) is 1. The minimum Gasteiger partial charge on any atom is -0.457 e. The first kappa shape index (κ1) is 17.2. The predicted octanol–water partition coefficient (Wildman–Crippen LogP) is 1.28. The van der Waals surface area contributed by atoms with E-state index in [4.69, 9.17) is 9.47 Å². The third-order valence-electron chi connectivity index (χ3n) is 3.27. The standard InChI is InChI=1S/C16H21NO6/c1-16(2,3)23-15(21)17-7-12(18)13(19)9-4-5-10-8-22-14(20)11(10)6-9/h4-6,12-13,18-19H,7-8H2,1-3H3,(H,17,21). The van der Waals surface area contributed by atoms with Gasteiger partial charge in [0.1, 0.15) is 24.4 Å². The van der Waals surface area contributed by atoms with Crippen LogP contribution in [0, 0.1) is 0 Å². The predicted molar refractivity (Wildman–Crippen MR) is 80.8 cm³/mol. The third kappa shape index (κ3) is 4.43. The maximum Gasteiger partial charge on any atom is 0.407 e. The van der Waals surface area contributed by atoms with Gasteiger partial charge in [-0.15, -0.1) is 0 Å². The second-order valence-electron chi connectivity index (χ2n) is 6.39. The van der Waals surface area contributed by atoms with Gasteiger partial charge in [-0.3, -0.25) is 0 Å². The van der Waals surface area contributed by atoms with Crippen LogP contribution in [0.4, 0.5) is 4.79 Å². The fourth-order valence-corrected chi connectivity index (χ4v) is 2.15. The molecule has 0 aromatic heterocycles. The number of cyclic esters (lactones) is 1. The van der Waals surface area contributed by atoms with E-state index in [2.05, 4.69) is 5.32 Å². The van der Waals surface area contributed by atoms with E-state index in [9.17, 15) is 19.8 Å². The fraction of sp³-hybridized carbons (Fsp3) is 0.500. The van der Waals surface area contributed by atoms with Crippen LogP contribution in [-0.2, 0) is 16.1 Å². The number of rotatable bonds is 4. The van der Waals surface area contributed by atoms with E-state index in [1.807, 2.05) is 0 Å². The minimum absolute atomic E-state index is 0.183. The summed E-state index contributed by atoms with van der Waals surface area (Å²) in [6.45, 7) is 5.20. The molecule has 1 amide bonds. The highest BCUT2D eigenvalue weighted by molar-refractivity contribution is 5.93. The molecule has 2 unspecified atom stereocenters. The summed E-state index contributed by atoms with van der Waals surface area (Å²) in [5.74, 6) is -0.449. The molecule has 1 aromatic carbocycles. The Labute approximate surface area is 134 Å². The van der Waals surface area contributed by atoms with Crippen molar-refractivity contribution in [2.24, 2.45) is 0 Å². The zero-order valence-electron chi connectivity index (χ0n) is 13.3. The molecule has 0 saturated carbocycles. The van der Waals surface area contributed by atoms with E-state index in [-0.39, 0.29) is 13.2 Å². The third-order valence-corrected chi connectivity index (χ3v) is 3.27. The molecule has 2 rings (SSSR count). The molecule has 126 valence electrons. The summed E-state index contributed by atoms with van der Waals surface area (Å²) in [5, 5.41) is 22.5. The number of fused-ring (bicyclic) bond motifs is 1. The van der Waals surface area contributed by atoms with Crippen LogP contribution in [-0.4, -0.2) is 40.5 Å². The lowest BCUT2D eigenvalue weighted by Gasteiger charge is -2.22. The van der Waals surface area contributed by atoms with E-state index in [0.29, 0.717) is 11.1 Å². The maximum absolute atomic E-state index is 11.5. The second-order valence-corrected chi connectivity index (χ2v) is 6.39. The van der Waals surface area contributed by atoms with Gasteiger partial charge < -0.3 is 25.0 Å². The van der Waals surface area contributed by atoms with Crippen LogP contribution in [0.1, 0.15) is 48.4 Å². The van der Waals surface area contributed by atoms with Crippen molar-refractivity contribution in [3.05, 3.63) is 34.9 Å². The number of hydrogen-bond acceptors (Lipinski definition) is 6. The van der Waals surface area contributed by atoms with Gasteiger partial charge >= 0.3 is 12.1 Å². The van der Waals surface area contributed by atoms with Gasteiger partial charge in [-0.05, 0) is 32.4 Å². The molecule has 0 fully saturated rings. The lowest BCUT2D eigenvalue weighted by atomic mass is 9.99. The number of aliphatic hydroxyl groups is 2. The topological polar surface area (TPSA) is 105 Å². The molecule has 0 bridgehead atoms. The zero-order chi connectivity index (χ0) is 17.2. The fourth-order valence-electron chi connectivity index (χ4n) is 2.15. The van der Waals surface area contributed by atoms with E-state index in [1.165, 1.54) is 6.07 Å². The number of carbonyl (C=O) groups excluding carboxylic acids is 2. The van der Waals surface area contributed by atoms with Crippen LogP contribution in [0.25, 0.3) is 0 Å². The van der Waals surface area contributed by atoms with E-state index >= 15 is 0 Å². The summed E-state index contributed by atoms with van der Waals surface area (Å²) in [7, 11) is 0. The molecule has 0 radical (unpaired) electrons. The monoisotopic (exact) mass is 323 g/mol. The number of nitrogens with one attached hydrogen (secondary N) is 1. The lowest BCUT2D eigenvalue weighted by molar-refractivity contribution is 0.0129. The molecule has 7 nitrogen and oxygen atoms in total. The molecule has 2 atom stereocenters. The smallest absolute Gasteiger partial charge is 0.407 e. The molecule has 1 aliphatic heterocycles. The number of aliphatic hydroxyl groups excluding tert-OH is 2. The summed E-state index contributed by atoms with van der Waals surface area (Å²) in [6.07, 6.45) is -3.16. The Hall–Kier alpha value is -2.12. The van der Waals surface area contributed by atoms with E-state index in [0.717, 1.165) is 5.56 Å². The van der Waals surface area contributed by atoms with Gasteiger partial charge in [0.2, 0.25) is 0 Å². The lowest BCUT2D eigenvalue weighted by Crippen LogP contribution is -2.38. The van der Waals surface area contributed by atoms with Crippen molar-refractivity contribution in [3.8, 4) is 0 Å². The first-order chi connectivity index (χ1) is 10.7. The Kier molecular flexibility index (Phi) is 4.91. The molecule has 7 heteroatoms. The molecule has 3 N–H and O–H groups in total. The van der Waals surface area contributed by atoms with Crippen molar-refractivity contribution in [2.75, 3.05) is 6.54 Å². The van der Waals surface area contributed by atoms with Gasteiger partial charge in [0, 0.05) is 12.1 Å². The maximum atomic E-state index is 11.5. The second kappa shape index (κ2) is 6.55. The number of ether oxygens (including phenoxy) is 2. The van der Waals surface area contributed by atoms with Gasteiger partial charge in [-0.1, -0.05) is 12.1 Å². The molecular formula is C16H21NO6. The Balaban J connectivity index is 1.95. The van der Waals surface area contributed by atoms with Crippen LogP contribution in [0.2, 0.25) is 0 Å².